The van der Waals surface area contributed by atoms with Crippen LogP contribution in [-0.4, -0.2) is 12.4 Å². The maximum atomic E-state index is 10.7. The Balaban J connectivity index is 2.19. The molecule has 2 aromatic carbocycles. The van der Waals surface area contributed by atoms with Crippen LogP contribution in [0.15, 0.2) is 48.5 Å². The molecule has 0 bridgehead atoms. The van der Waals surface area contributed by atoms with Gasteiger partial charge in [-0.05, 0) is 30.3 Å². The van der Waals surface area contributed by atoms with Crippen LogP contribution in [0.2, 0.25) is 0 Å². The summed E-state index contributed by atoms with van der Waals surface area (Å²) in [6.45, 7) is 0. The van der Waals surface area contributed by atoms with Gasteiger partial charge in [0.2, 0.25) is 0 Å². The second-order valence-corrected chi connectivity index (χ2v) is 3.94. The number of rotatable bonds is 2. The average molecular weight is 265 g/mol. The Bertz CT molecular complexity index is 694. The summed E-state index contributed by atoms with van der Waals surface area (Å²) in [6.07, 6.45) is -0.0819. The molecule has 2 N–H and O–H groups in total. The fraction of sp³-hybridized carbons (Fsp3) is 0. The van der Waals surface area contributed by atoms with Crippen LogP contribution in [0.4, 0.5) is 4.79 Å². The number of carbonyl (C=O) groups is 2. The number of ether oxygens (including phenoxy) is 1. The van der Waals surface area contributed by atoms with Crippen molar-refractivity contribution >= 4 is 12.4 Å². The van der Waals surface area contributed by atoms with Crippen LogP contribution in [0.3, 0.4) is 0 Å². The lowest BCUT2D eigenvalue weighted by atomic mass is 10.1. The van der Waals surface area contributed by atoms with Gasteiger partial charge in [0.15, 0.2) is 0 Å². The normalized spacial score (nSPS) is 9.20. The standard InChI is InChI=1S/C16H11NO3/c17-16(19)20-15-3-1-2-13(10-15)7-4-12-5-8-14(11-18)9-6-12/h1-3,5-6,8-11H,(H2,17,19). The minimum Gasteiger partial charge on any atom is -0.410 e. The lowest BCUT2D eigenvalue weighted by Gasteiger charge is -2.00. The van der Waals surface area contributed by atoms with Crippen LogP contribution >= 0.6 is 0 Å². The van der Waals surface area contributed by atoms with Gasteiger partial charge in [-0.15, -0.1) is 0 Å². The molecular formula is C16H11NO3. The topological polar surface area (TPSA) is 69.4 Å². The van der Waals surface area contributed by atoms with Crippen LogP contribution in [-0.2, 0) is 0 Å². The molecule has 0 spiro atoms. The SMILES string of the molecule is NC(=O)Oc1cccc(C#Cc2ccc(C=O)cc2)c1. The minimum absolute atomic E-state index is 0.348. The number of benzene rings is 2. The predicted octanol–water partition coefficient (Wildman–Crippen LogP) is 2.36. The number of amides is 1. The number of nitrogens with two attached hydrogens (primary N) is 1. The number of aldehydes is 1. The highest BCUT2D eigenvalue weighted by Gasteiger charge is 1.98. The highest BCUT2D eigenvalue weighted by Crippen LogP contribution is 2.12. The summed E-state index contributed by atoms with van der Waals surface area (Å²) in [5.74, 6) is 6.24. The van der Waals surface area contributed by atoms with E-state index in [0.717, 1.165) is 11.8 Å². The van der Waals surface area contributed by atoms with Crippen molar-refractivity contribution in [2.75, 3.05) is 0 Å². The van der Waals surface area contributed by atoms with Crippen molar-refractivity contribution in [3.8, 4) is 17.6 Å². The molecule has 0 saturated heterocycles. The van der Waals surface area contributed by atoms with Gasteiger partial charge >= 0.3 is 6.09 Å². The van der Waals surface area contributed by atoms with Gasteiger partial charge in [0.1, 0.15) is 12.0 Å². The first-order valence-corrected chi connectivity index (χ1v) is 5.82. The van der Waals surface area contributed by atoms with Crippen molar-refractivity contribution in [3.05, 3.63) is 65.2 Å². The van der Waals surface area contributed by atoms with E-state index in [1.54, 1.807) is 48.5 Å². The molecule has 0 aliphatic carbocycles. The van der Waals surface area contributed by atoms with Gasteiger partial charge in [-0.25, -0.2) is 4.79 Å². The molecule has 0 saturated carbocycles. The zero-order valence-electron chi connectivity index (χ0n) is 10.5. The van der Waals surface area contributed by atoms with E-state index < -0.39 is 6.09 Å². The fourth-order valence-corrected chi connectivity index (χ4v) is 1.54. The summed E-state index contributed by atoms with van der Waals surface area (Å²) in [4.78, 5) is 21.2. The van der Waals surface area contributed by atoms with Crippen molar-refractivity contribution in [1.82, 2.24) is 0 Å². The molecule has 4 nitrogen and oxygen atoms in total. The van der Waals surface area contributed by atoms with Gasteiger partial charge in [-0.3, -0.25) is 4.79 Å². The van der Waals surface area contributed by atoms with Crippen LogP contribution in [0.25, 0.3) is 0 Å². The second kappa shape index (κ2) is 6.21. The molecule has 20 heavy (non-hydrogen) atoms. The predicted molar refractivity (Wildman–Crippen MR) is 74.5 cm³/mol. The first-order chi connectivity index (χ1) is 9.67. The van der Waals surface area contributed by atoms with Gasteiger partial charge in [0, 0.05) is 16.7 Å². The van der Waals surface area contributed by atoms with Crippen molar-refractivity contribution < 1.29 is 14.3 Å². The van der Waals surface area contributed by atoms with Crippen LogP contribution in [0.1, 0.15) is 21.5 Å². The number of hydrogen-bond acceptors (Lipinski definition) is 3. The third-order valence-electron chi connectivity index (χ3n) is 2.45. The Morgan fingerprint density at radius 3 is 2.40 bits per heavy atom. The summed E-state index contributed by atoms with van der Waals surface area (Å²) >= 11 is 0. The van der Waals surface area contributed by atoms with Crippen molar-refractivity contribution in [3.63, 3.8) is 0 Å². The lowest BCUT2D eigenvalue weighted by molar-refractivity contribution is 0.112. The molecule has 0 radical (unpaired) electrons. The number of hydrogen-bond donors (Lipinski definition) is 1. The molecule has 0 unspecified atom stereocenters. The van der Waals surface area contributed by atoms with E-state index in [2.05, 4.69) is 11.8 Å². The average Bonchev–Trinajstić information content (AvgIpc) is 2.45. The van der Waals surface area contributed by atoms with E-state index >= 15 is 0 Å². The van der Waals surface area contributed by atoms with E-state index in [0.29, 0.717) is 16.9 Å². The molecule has 0 aliphatic heterocycles. The van der Waals surface area contributed by atoms with E-state index in [4.69, 9.17) is 10.5 Å². The van der Waals surface area contributed by atoms with E-state index in [9.17, 15) is 9.59 Å². The molecule has 0 heterocycles. The molecule has 0 aliphatic rings. The number of primary amides is 1. The van der Waals surface area contributed by atoms with Gasteiger partial charge in [-0.1, -0.05) is 30.0 Å². The first-order valence-electron chi connectivity index (χ1n) is 5.82. The van der Waals surface area contributed by atoms with E-state index in [1.807, 2.05) is 0 Å². The Morgan fingerprint density at radius 2 is 1.75 bits per heavy atom. The Labute approximate surface area is 116 Å². The van der Waals surface area contributed by atoms with Crippen LogP contribution in [0, 0.1) is 11.8 Å². The van der Waals surface area contributed by atoms with Crippen LogP contribution in [0.5, 0.6) is 5.75 Å². The van der Waals surface area contributed by atoms with Gasteiger partial charge in [0.25, 0.3) is 0 Å². The van der Waals surface area contributed by atoms with Gasteiger partial charge in [-0.2, -0.15) is 0 Å². The highest BCUT2D eigenvalue weighted by molar-refractivity contribution is 5.74. The Kier molecular flexibility index (Phi) is 4.15. The minimum atomic E-state index is -0.862. The summed E-state index contributed by atoms with van der Waals surface area (Å²) in [6, 6.07) is 13.7. The third kappa shape index (κ3) is 3.72. The van der Waals surface area contributed by atoms with Gasteiger partial charge in [0.05, 0.1) is 0 Å². The summed E-state index contributed by atoms with van der Waals surface area (Å²) in [5.41, 5.74) is 7.03. The summed E-state index contributed by atoms with van der Waals surface area (Å²) < 4.78 is 4.77. The zero-order chi connectivity index (χ0) is 14.4. The summed E-state index contributed by atoms with van der Waals surface area (Å²) in [5, 5.41) is 0. The molecule has 0 aromatic heterocycles. The Morgan fingerprint density at radius 1 is 1.05 bits per heavy atom. The maximum absolute atomic E-state index is 10.7. The number of carbonyl (C=O) groups excluding carboxylic acids is 2. The monoisotopic (exact) mass is 265 g/mol. The Hall–Kier alpha value is -3.06. The molecule has 1 amide bonds. The largest absolute Gasteiger partial charge is 0.410 e. The molecule has 0 fully saturated rings. The molecule has 2 rings (SSSR count). The van der Waals surface area contributed by atoms with Crippen LogP contribution < -0.4 is 10.5 Å². The summed E-state index contributed by atoms with van der Waals surface area (Å²) in [7, 11) is 0. The zero-order valence-corrected chi connectivity index (χ0v) is 10.5. The second-order valence-electron chi connectivity index (χ2n) is 3.94. The van der Waals surface area contributed by atoms with Crippen molar-refractivity contribution in [1.29, 1.82) is 0 Å². The van der Waals surface area contributed by atoms with E-state index in [1.165, 1.54) is 0 Å². The first kappa shape index (κ1) is 13.4. The molecule has 2 aromatic rings. The highest BCUT2D eigenvalue weighted by atomic mass is 16.5. The molecule has 98 valence electrons. The van der Waals surface area contributed by atoms with Crippen molar-refractivity contribution in [2.24, 2.45) is 5.73 Å². The lowest BCUT2D eigenvalue weighted by Crippen LogP contribution is -2.16. The van der Waals surface area contributed by atoms with Gasteiger partial charge < -0.3 is 10.5 Å². The molecule has 4 heteroatoms. The fourth-order valence-electron chi connectivity index (χ4n) is 1.54. The third-order valence-corrected chi connectivity index (χ3v) is 2.45. The molecular weight excluding hydrogens is 254 g/mol. The maximum Gasteiger partial charge on any atom is 0.409 e. The van der Waals surface area contributed by atoms with Crippen molar-refractivity contribution in [2.45, 2.75) is 0 Å². The smallest absolute Gasteiger partial charge is 0.409 e. The molecule has 0 atom stereocenters. The quantitative estimate of drug-likeness (QED) is 0.669. The van der Waals surface area contributed by atoms with E-state index in [-0.39, 0.29) is 0 Å².